The number of carbonyl (C=O) groups is 2. The zero-order valence-corrected chi connectivity index (χ0v) is 11.4. The lowest BCUT2D eigenvalue weighted by molar-refractivity contribution is -0.142. The maximum Gasteiger partial charge on any atom is 0.306 e. The minimum Gasteiger partial charge on any atom is -0.469 e. The summed E-state index contributed by atoms with van der Waals surface area (Å²) in [4.78, 5) is 23.5. The van der Waals surface area contributed by atoms with Gasteiger partial charge in [-0.2, -0.15) is 0 Å². The summed E-state index contributed by atoms with van der Waals surface area (Å²) in [5, 5.41) is 2.76. The summed E-state index contributed by atoms with van der Waals surface area (Å²) in [5.74, 6) is -0.510. The molecule has 0 aliphatic rings. The Hall–Kier alpha value is -1.49. The van der Waals surface area contributed by atoms with Crippen LogP contribution in [0.3, 0.4) is 0 Å². The molecule has 0 radical (unpaired) electrons. The van der Waals surface area contributed by atoms with Gasteiger partial charge in [-0.3, -0.25) is 9.59 Å². The van der Waals surface area contributed by atoms with Crippen LogP contribution in [0.5, 0.6) is 0 Å². The SMILES string of the molecule is COC(=O)CCC(=O)NCc1ccc(SC)cc1. The van der Waals surface area contributed by atoms with E-state index in [0.29, 0.717) is 6.54 Å². The number of benzene rings is 1. The Kier molecular flexibility index (Phi) is 6.28. The topological polar surface area (TPSA) is 55.4 Å². The van der Waals surface area contributed by atoms with Crippen molar-refractivity contribution in [1.29, 1.82) is 0 Å². The van der Waals surface area contributed by atoms with Crippen molar-refractivity contribution in [3.63, 3.8) is 0 Å². The highest BCUT2D eigenvalue weighted by Gasteiger charge is 2.06. The molecule has 0 atom stereocenters. The summed E-state index contributed by atoms with van der Waals surface area (Å²) in [6, 6.07) is 7.99. The monoisotopic (exact) mass is 267 g/mol. The van der Waals surface area contributed by atoms with E-state index >= 15 is 0 Å². The van der Waals surface area contributed by atoms with Crippen LogP contribution in [0.2, 0.25) is 0 Å². The van der Waals surface area contributed by atoms with Crippen molar-refractivity contribution in [1.82, 2.24) is 5.32 Å². The fraction of sp³-hybridized carbons (Fsp3) is 0.385. The van der Waals surface area contributed by atoms with Crippen molar-refractivity contribution in [2.45, 2.75) is 24.3 Å². The molecule has 18 heavy (non-hydrogen) atoms. The maximum absolute atomic E-state index is 11.4. The van der Waals surface area contributed by atoms with Crippen LogP contribution in [-0.4, -0.2) is 25.2 Å². The van der Waals surface area contributed by atoms with E-state index in [1.807, 2.05) is 30.5 Å². The van der Waals surface area contributed by atoms with Crippen LogP contribution in [0.4, 0.5) is 0 Å². The van der Waals surface area contributed by atoms with Gasteiger partial charge in [0.25, 0.3) is 0 Å². The molecule has 0 bridgehead atoms. The number of thioether (sulfide) groups is 1. The van der Waals surface area contributed by atoms with Crippen LogP contribution in [-0.2, 0) is 20.9 Å². The average Bonchev–Trinajstić information content (AvgIpc) is 2.42. The standard InChI is InChI=1S/C13H17NO3S/c1-17-13(16)8-7-12(15)14-9-10-3-5-11(18-2)6-4-10/h3-6H,7-9H2,1-2H3,(H,14,15). The zero-order chi connectivity index (χ0) is 13.4. The summed E-state index contributed by atoms with van der Waals surface area (Å²) in [6.45, 7) is 0.481. The van der Waals surface area contributed by atoms with Crippen LogP contribution in [0.15, 0.2) is 29.2 Å². The first-order valence-corrected chi connectivity index (χ1v) is 6.84. The fourth-order valence-corrected chi connectivity index (χ4v) is 1.76. The highest BCUT2D eigenvalue weighted by molar-refractivity contribution is 7.98. The lowest BCUT2D eigenvalue weighted by atomic mass is 10.2. The lowest BCUT2D eigenvalue weighted by Gasteiger charge is -2.05. The van der Waals surface area contributed by atoms with Gasteiger partial charge >= 0.3 is 5.97 Å². The number of hydrogen-bond donors (Lipinski definition) is 1. The molecule has 4 nitrogen and oxygen atoms in total. The molecule has 0 heterocycles. The van der Waals surface area contributed by atoms with Gasteiger partial charge in [0, 0.05) is 17.9 Å². The van der Waals surface area contributed by atoms with Crippen molar-refractivity contribution in [3.05, 3.63) is 29.8 Å². The van der Waals surface area contributed by atoms with Gasteiger partial charge in [-0.25, -0.2) is 0 Å². The highest BCUT2D eigenvalue weighted by atomic mass is 32.2. The Morgan fingerprint density at radius 3 is 2.44 bits per heavy atom. The van der Waals surface area contributed by atoms with Gasteiger partial charge in [-0.15, -0.1) is 11.8 Å². The van der Waals surface area contributed by atoms with Gasteiger partial charge in [0.2, 0.25) is 5.91 Å². The van der Waals surface area contributed by atoms with E-state index < -0.39 is 0 Å². The molecule has 1 aromatic carbocycles. The summed E-state index contributed by atoms with van der Waals surface area (Å²) < 4.78 is 4.47. The number of methoxy groups -OCH3 is 1. The Morgan fingerprint density at radius 2 is 1.89 bits per heavy atom. The molecule has 98 valence electrons. The van der Waals surface area contributed by atoms with E-state index in [1.54, 1.807) is 11.8 Å². The average molecular weight is 267 g/mol. The van der Waals surface area contributed by atoms with Gasteiger partial charge in [-0.05, 0) is 24.0 Å². The van der Waals surface area contributed by atoms with Gasteiger partial charge < -0.3 is 10.1 Å². The number of amides is 1. The zero-order valence-electron chi connectivity index (χ0n) is 10.6. The third kappa shape index (κ3) is 5.23. The van der Waals surface area contributed by atoms with Crippen LogP contribution in [0, 0.1) is 0 Å². The number of hydrogen-bond acceptors (Lipinski definition) is 4. The molecule has 1 N–H and O–H groups in total. The summed E-state index contributed by atoms with van der Waals surface area (Å²) in [5.41, 5.74) is 1.04. The quantitative estimate of drug-likeness (QED) is 0.632. The van der Waals surface area contributed by atoms with E-state index in [4.69, 9.17) is 0 Å². The molecule has 0 aliphatic heterocycles. The van der Waals surface area contributed by atoms with E-state index in [9.17, 15) is 9.59 Å². The first kappa shape index (κ1) is 14.6. The predicted molar refractivity (Wildman–Crippen MR) is 71.3 cm³/mol. The third-order valence-corrected chi connectivity index (χ3v) is 3.18. The predicted octanol–water partition coefficient (Wildman–Crippen LogP) is 1.98. The van der Waals surface area contributed by atoms with E-state index in [2.05, 4.69) is 10.1 Å². The molecule has 1 amide bonds. The molecule has 0 saturated carbocycles. The molecule has 0 fully saturated rings. The third-order valence-electron chi connectivity index (χ3n) is 2.43. The second kappa shape index (κ2) is 7.76. The van der Waals surface area contributed by atoms with E-state index in [1.165, 1.54) is 12.0 Å². The second-order valence-electron chi connectivity index (χ2n) is 3.70. The van der Waals surface area contributed by atoms with E-state index in [0.717, 1.165) is 5.56 Å². The smallest absolute Gasteiger partial charge is 0.306 e. The van der Waals surface area contributed by atoms with Crippen LogP contribution < -0.4 is 5.32 Å². The second-order valence-corrected chi connectivity index (χ2v) is 4.58. The molecular weight excluding hydrogens is 250 g/mol. The molecule has 0 unspecified atom stereocenters. The molecule has 0 spiro atoms. The number of nitrogens with one attached hydrogen (secondary N) is 1. The van der Waals surface area contributed by atoms with Crippen LogP contribution in [0.1, 0.15) is 18.4 Å². The number of esters is 1. The van der Waals surface area contributed by atoms with E-state index in [-0.39, 0.29) is 24.7 Å². The van der Waals surface area contributed by atoms with Crippen molar-refractivity contribution >= 4 is 23.6 Å². The fourth-order valence-electron chi connectivity index (χ4n) is 1.35. The number of carbonyl (C=O) groups excluding carboxylic acids is 2. The Labute approximate surface area is 111 Å². The summed E-state index contributed by atoms with van der Waals surface area (Å²) in [6.07, 6.45) is 2.30. The number of rotatable bonds is 6. The summed E-state index contributed by atoms with van der Waals surface area (Å²) in [7, 11) is 1.31. The number of ether oxygens (including phenoxy) is 1. The van der Waals surface area contributed by atoms with Crippen LogP contribution >= 0.6 is 11.8 Å². The Balaban J connectivity index is 2.31. The van der Waals surface area contributed by atoms with Crippen molar-refractivity contribution < 1.29 is 14.3 Å². The maximum atomic E-state index is 11.4. The first-order chi connectivity index (χ1) is 8.65. The van der Waals surface area contributed by atoms with Gasteiger partial charge in [0.1, 0.15) is 0 Å². The van der Waals surface area contributed by atoms with Crippen molar-refractivity contribution in [3.8, 4) is 0 Å². The molecule has 0 saturated heterocycles. The molecule has 5 heteroatoms. The van der Waals surface area contributed by atoms with Gasteiger partial charge in [-0.1, -0.05) is 12.1 Å². The molecular formula is C13H17NO3S. The normalized spacial score (nSPS) is 9.89. The molecule has 0 aromatic heterocycles. The van der Waals surface area contributed by atoms with Crippen molar-refractivity contribution in [2.24, 2.45) is 0 Å². The summed E-state index contributed by atoms with van der Waals surface area (Å²) >= 11 is 1.68. The Bertz CT molecular complexity index is 403. The molecule has 1 rings (SSSR count). The van der Waals surface area contributed by atoms with Crippen molar-refractivity contribution in [2.75, 3.05) is 13.4 Å². The first-order valence-electron chi connectivity index (χ1n) is 5.62. The largest absolute Gasteiger partial charge is 0.469 e. The highest BCUT2D eigenvalue weighted by Crippen LogP contribution is 2.14. The van der Waals surface area contributed by atoms with Crippen LogP contribution in [0.25, 0.3) is 0 Å². The Morgan fingerprint density at radius 1 is 1.22 bits per heavy atom. The van der Waals surface area contributed by atoms with Gasteiger partial charge in [0.05, 0.1) is 13.5 Å². The lowest BCUT2D eigenvalue weighted by Crippen LogP contribution is -2.23. The molecule has 1 aromatic rings. The van der Waals surface area contributed by atoms with Gasteiger partial charge in [0.15, 0.2) is 0 Å². The minimum absolute atomic E-state index is 0.119. The molecule has 0 aliphatic carbocycles. The minimum atomic E-state index is -0.366.